The molecule has 0 amide bonds. The fraction of sp³-hybridized carbons (Fsp3) is 0.933. The first-order valence-corrected chi connectivity index (χ1v) is 8.06. The SMILES string of the molecule is CCNC(=S)N[C@@H](C)C12CC3CC(CC(C3)C1)C2. The van der Waals surface area contributed by atoms with Gasteiger partial charge >= 0.3 is 0 Å². The van der Waals surface area contributed by atoms with Crippen LogP contribution in [-0.4, -0.2) is 17.7 Å². The monoisotopic (exact) mass is 266 g/mol. The zero-order valence-electron chi connectivity index (χ0n) is 11.7. The topological polar surface area (TPSA) is 24.1 Å². The van der Waals surface area contributed by atoms with Gasteiger partial charge in [-0.05, 0) is 87.8 Å². The summed E-state index contributed by atoms with van der Waals surface area (Å²) in [7, 11) is 0. The Morgan fingerprint density at radius 1 is 1.17 bits per heavy atom. The van der Waals surface area contributed by atoms with Crippen LogP contribution in [0.3, 0.4) is 0 Å². The zero-order valence-corrected chi connectivity index (χ0v) is 12.5. The van der Waals surface area contributed by atoms with Gasteiger partial charge in [0.1, 0.15) is 0 Å². The fourth-order valence-electron chi connectivity index (χ4n) is 5.27. The van der Waals surface area contributed by atoms with Gasteiger partial charge in [-0.1, -0.05) is 0 Å². The Balaban J connectivity index is 1.69. The van der Waals surface area contributed by atoms with E-state index in [9.17, 15) is 0 Å². The molecule has 18 heavy (non-hydrogen) atoms. The Morgan fingerprint density at radius 3 is 2.11 bits per heavy atom. The van der Waals surface area contributed by atoms with Crippen LogP contribution in [-0.2, 0) is 0 Å². The first-order chi connectivity index (χ1) is 8.61. The third-order valence-electron chi connectivity index (χ3n) is 5.69. The average molecular weight is 266 g/mol. The van der Waals surface area contributed by atoms with Crippen LogP contribution >= 0.6 is 12.2 Å². The Hall–Kier alpha value is -0.310. The van der Waals surface area contributed by atoms with Crippen molar-refractivity contribution >= 4 is 17.3 Å². The smallest absolute Gasteiger partial charge is 0.166 e. The standard InChI is InChI=1S/C15H26N2S/c1-3-16-14(18)17-10(2)15-7-11-4-12(8-15)6-13(5-11)9-15/h10-13H,3-9H2,1-2H3,(H2,16,17,18)/t10-,11?,12?,13?,15?/m0/s1. The molecule has 1 atom stereocenters. The minimum Gasteiger partial charge on any atom is -0.363 e. The van der Waals surface area contributed by atoms with Crippen molar-refractivity contribution in [3.05, 3.63) is 0 Å². The van der Waals surface area contributed by atoms with Gasteiger partial charge in [0.25, 0.3) is 0 Å². The minimum atomic E-state index is 0.539. The molecule has 102 valence electrons. The molecule has 0 spiro atoms. The van der Waals surface area contributed by atoms with Crippen molar-refractivity contribution in [3.8, 4) is 0 Å². The first kappa shape index (κ1) is 12.7. The van der Waals surface area contributed by atoms with E-state index in [0.29, 0.717) is 11.5 Å². The van der Waals surface area contributed by atoms with E-state index < -0.39 is 0 Å². The first-order valence-electron chi connectivity index (χ1n) is 7.65. The lowest BCUT2D eigenvalue weighted by molar-refractivity contribution is -0.0672. The maximum Gasteiger partial charge on any atom is 0.166 e. The van der Waals surface area contributed by atoms with Crippen LogP contribution in [0.5, 0.6) is 0 Å². The van der Waals surface area contributed by atoms with Crippen molar-refractivity contribution in [1.29, 1.82) is 0 Å². The lowest BCUT2D eigenvalue weighted by Crippen LogP contribution is -2.57. The summed E-state index contributed by atoms with van der Waals surface area (Å²) in [5, 5.41) is 7.63. The summed E-state index contributed by atoms with van der Waals surface area (Å²) in [5.74, 6) is 3.06. The summed E-state index contributed by atoms with van der Waals surface area (Å²) in [5.41, 5.74) is 0.550. The van der Waals surface area contributed by atoms with Crippen molar-refractivity contribution in [1.82, 2.24) is 10.6 Å². The van der Waals surface area contributed by atoms with Gasteiger partial charge in [0.2, 0.25) is 0 Å². The molecular formula is C15H26N2S. The third kappa shape index (κ3) is 2.15. The normalized spacial score (nSPS) is 42.7. The summed E-state index contributed by atoms with van der Waals surface area (Å²) in [6.07, 6.45) is 8.89. The molecule has 0 aromatic heterocycles. The molecular weight excluding hydrogens is 240 g/mol. The summed E-state index contributed by atoms with van der Waals surface area (Å²) in [6.45, 7) is 5.37. The molecule has 3 heteroatoms. The molecule has 0 unspecified atom stereocenters. The van der Waals surface area contributed by atoms with E-state index in [2.05, 4.69) is 24.5 Å². The molecule has 0 heterocycles. The zero-order chi connectivity index (χ0) is 12.8. The molecule has 4 saturated carbocycles. The molecule has 4 bridgehead atoms. The molecule has 4 aliphatic carbocycles. The number of hydrogen-bond donors (Lipinski definition) is 2. The summed E-state index contributed by atoms with van der Waals surface area (Å²) in [4.78, 5) is 0. The number of nitrogens with one attached hydrogen (secondary N) is 2. The average Bonchev–Trinajstić information content (AvgIpc) is 2.27. The van der Waals surface area contributed by atoms with E-state index in [0.717, 1.165) is 29.4 Å². The van der Waals surface area contributed by atoms with E-state index in [4.69, 9.17) is 12.2 Å². The van der Waals surface area contributed by atoms with Crippen molar-refractivity contribution in [2.24, 2.45) is 23.2 Å². The maximum atomic E-state index is 5.36. The van der Waals surface area contributed by atoms with Crippen LogP contribution in [0.15, 0.2) is 0 Å². The van der Waals surface area contributed by atoms with E-state index in [1.807, 2.05) is 0 Å². The highest BCUT2D eigenvalue weighted by molar-refractivity contribution is 7.80. The van der Waals surface area contributed by atoms with Crippen LogP contribution in [0.1, 0.15) is 52.4 Å². The quantitative estimate of drug-likeness (QED) is 0.768. The van der Waals surface area contributed by atoms with Gasteiger partial charge < -0.3 is 10.6 Å². The summed E-state index contributed by atoms with van der Waals surface area (Å²) in [6, 6.07) is 0.539. The molecule has 0 aromatic rings. The minimum absolute atomic E-state index is 0.539. The van der Waals surface area contributed by atoms with E-state index in [-0.39, 0.29) is 0 Å². The van der Waals surface area contributed by atoms with Crippen LogP contribution in [0.4, 0.5) is 0 Å². The van der Waals surface area contributed by atoms with Gasteiger partial charge in [-0.2, -0.15) is 0 Å². The Kier molecular flexibility index (Phi) is 3.29. The summed E-state index contributed by atoms with van der Waals surface area (Å²) < 4.78 is 0. The lowest BCUT2D eigenvalue weighted by Gasteiger charge is -2.59. The third-order valence-corrected chi connectivity index (χ3v) is 5.95. The van der Waals surface area contributed by atoms with Gasteiger partial charge in [0.15, 0.2) is 5.11 Å². The van der Waals surface area contributed by atoms with Gasteiger partial charge in [-0.15, -0.1) is 0 Å². The molecule has 4 fully saturated rings. The van der Waals surface area contributed by atoms with Crippen LogP contribution in [0.25, 0.3) is 0 Å². The molecule has 0 saturated heterocycles. The molecule has 0 radical (unpaired) electrons. The van der Waals surface area contributed by atoms with Gasteiger partial charge in [0, 0.05) is 12.6 Å². The second kappa shape index (κ2) is 4.66. The van der Waals surface area contributed by atoms with Crippen LogP contribution in [0.2, 0.25) is 0 Å². The molecule has 2 N–H and O–H groups in total. The van der Waals surface area contributed by atoms with Crippen molar-refractivity contribution < 1.29 is 0 Å². The predicted molar refractivity (Wildman–Crippen MR) is 79.5 cm³/mol. The van der Waals surface area contributed by atoms with E-state index >= 15 is 0 Å². The second-order valence-corrected chi connectivity index (χ2v) is 7.41. The van der Waals surface area contributed by atoms with E-state index in [1.165, 1.54) is 38.5 Å². The number of rotatable bonds is 3. The van der Waals surface area contributed by atoms with Crippen molar-refractivity contribution in [2.75, 3.05) is 6.54 Å². The number of thiocarbonyl (C=S) groups is 1. The van der Waals surface area contributed by atoms with Gasteiger partial charge in [-0.3, -0.25) is 0 Å². The summed E-state index contributed by atoms with van der Waals surface area (Å²) >= 11 is 5.36. The predicted octanol–water partition coefficient (Wildman–Crippen LogP) is 3.08. The highest BCUT2D eigenvalue weighted by Gasteiger charge is 2.53. The Bertz CT molecular complexity index is 304. The lowest BCUT2D eigenvalue weighted by atomic mass is 9.48. The maximum absolute atomic E-state index is 5.36. The number of hydrogen-bond acceptors (Lipinski definition) is 1. The van der Waals surface area contributed by atoms with Crippen molar-refractivity contribution in [2.45, 2.75) is 58.4 Å². The van der Waals surface area contributed by atoms with Crippen molar-refractivity contribution in [3.63, 3.8) is 0 Å². The Morgan fingerprint density at radius 2 is 1.67 bits per heavy atom. The molecule has 0 aliphatic heterocycles. The van der Waals surface area contributed by atoms with Crippen LogP contribution < -0.4 is 10.6 Å². The molecule has 0 aromatic carbocycles. The highest BCUT2D eigenvalue weighted by atomic mass is 32.1. The van der Waals surface area contributed by atoms with Crippen LogP contribution in [0, 0.1) is 23.2 Å². The fourth-order valence-corrected chi connectivity index (χ4v) is 5.59. The molecule has 4 rings (SSSR count). The Labute approximate surface area is 116 Å². The largest absolute Gasteiger partial charge is 0.363 e. The van der Waals surface area contributed by atoms with E-state index in [1.54, 1.807) is 0 Å². The van der Waals surface area contributed by atoms with Gasteiger partial charge in [0.05, 0.1) is 0 Å². The highest BCUT2D eigenvalue weighted by Crippen LogP contribution is 2.61. The van der Waals surface area contributed by atoms with Gasteiger partial charge in [-0.25, -0.2) is 0 Å². The molecule has 4 aliphatic rings. The second-order valence-electron chi connectivity index (χ2n) is 7.01. The molecule has 2 nitrogen and oxygen atoms in total.